The highest BCUT2D eigenvalue weighted by Crippen LogP contribution is 2.34. The van der Waals surface area contributed by atoms with Gasteiger partial charge in [-0.25, -0.2) is 4.98 Å². The molecule has 1 atom stereocenters. The van der Waals surface area contributed by atoms with Crippen molar-refractivity contribution >= 4 is 5.95 Å². The Morgan fingerprint density at radius 3 is 3.08 bits per heavy atom. The van der Waals surface area contributed by atoms with Gasteiger partial charge < -0.3 is 10.3 Å². The van der Waals surface area contributed by atoms with E-state index in [4.69, 9.17) is 5.73 Å². The number of rotatable bonds is 1. The highest BCUT2D eigenvalue weighted by Gasteiger charge is 2.24. The van der Waals surface area contributed by atoms with Crippen molar-refractivity contribution in [2.24, 2.45) is 5.92 Å². The van der Waals surface area contributed by atoms with Crippen LogP contribution >= 0.6 is 0 Å². The average Bonchev–Trinajstić information content (AvgIpc) is 2.48. The van der Waals surface area contributed by atoms with Crippen LogP contribution in [0.25, 0.3) is 0 Å². The second-order valence-electron chi connectivity index (χ2n) is 4.19. The third-order valence-electron chi connectivity index (χ3n) is 3.00. The van der Waals surface area contributed by atoms with Gasteiger partial charge in [0, 0.05) is 18.2 Å². The zero-order valence-corrected chi connectivity index (χ0v) is 8.33. The number of aromatic nitrogens is 2. The van der Waals surface area contributed by atoms with E-state index in [2.05, 4.69) is 23.4 Å². The third kappa shape index (κ3) is 1.32. The Balaban J connectivity index is 2.38. The molecule has 2 N–H and O–H groups in total. The van der Waals surface area contributed by atoms with Gasteiger partial charge in [-0.2, -0.15) is 0 Å². The maximum atomic E-state index is 5.78. The van der Waals surface area contributed by atoms with Crippen molar-refractivity contribution in [1.82, 2.24) is 9.55 Å². The SMILES string of the molecule is CC(C)C1CCCn2c1cnc2N. The maximum absolute atomic E-state index is 5.78. The fraction of sp³-hybridized carbons (Fsp3) is 0.700. The summed E-state index contributed by atoms with van der Waals surface area (Å²) in [7, 11) is 0. The van der Waals surface area contributed by atoms with E-state index in [-0.39, 0.29) is 0 Å². The Kier molecular flexibility index (Phi) is 2.02. The molecule has 3 nitrogen and oxygen atoms in total. The molecule has 0 fully saturated rings. The summed E-state index contributed by atoms with van der Waals surface area (Å²) in [5.74, 6) is 2.02. The van der Waals surface area contributed by atoms with Crippen molar-refractivity contribution in [3.63, 3.8) is 0 Å². The first-order chi connectivity index (χ1) is 6.20. The molecule has 3 heteroatoms. The third-order valence-corrected chi connectivity index (χ3v) is 3.00. The van der Waals surface area contributed by atoms with Gasteiger partial charge in [0.05, 0.1) is 6.20 Å². The molecule has 1 unspecified atom stereocenters. The Morgan fingerprint density at radius 1 is 1.62 bits per heavy atom. The first kappa shape index (κ1) is 8.60. The smallest absolute Gasteiger partial charge is 0.200 e. The molecule has 1 aromatic rings. The van der Waals surface area contributed by atoms with E-state index < -0.39 is 0 Å². The second-order valence-corrected chi connectivity index (χ2v) is 4.19. The molecular formula is C10H17N3. The van der Waals surface area contributed by atoms with Crippen LogP contribution in [0.1, 0.15) is 38.3 Å². The molecule has 0 aromatic carbocycles. The molecule has 0 radical (unpaired) electrons. The fourth-order valence-electron chi connectivity index (χ4n) is 2.24. The lowest BCUT2D eigenvalue weighted by molar-refractivity contribution is 0.379. The molecule has 13 heavy (non-hydrogen) atoms. The quantitative estimate of drug-likeness (QED) is 0.716. The van der Waals surface area contributed by atoms with Crippen LogP contribution in [0, 0.1) is 5.92 Å². The first-order valence-electron chi connectivity index (χ1n) is 5.01. The first-order valence-corrected chi connectivity index (χ1v) is 5.01. The van der Waals surface area contributed by atoms with Crippen LogP contribution in [-0.2, 0) is 6.54 Å². The summed E-state index contributed by atoms with van der Waals surface area (Å²) in [5.41, 5.74) is 7.11. The lowest BCUT2D eigenvalue weighted by Crippen LogP contribution is -2.19. The van der Waals surface area contributed by atoms with Crippen LogP contribution in [0.4, 0.5) is 5.95 Å². The Morgan fingerprint density at radius 2 is 2.38 bits per heavy atom. The maximum Gasteiger partial charge on any atom is 0.200 e. The van der Waals surface area contributed by atoms with Gasteiger partial charge in [0.15, 0.2) is 5.95 Å². The Hall–Kier alpha value is -0.990. The number of nitrogens with zero attached hydrogens (tertiary/aromatic N) is 2. The molecule has 0 spiro atoms. The highest BCUT2D eigenvalue weighted by molar-refractivity contribution is 5.26. The predicted molar refractivity (Wildman–Crippen MR) is 53.5 cm³/mol. The number of hydrogen-bond donors (Lipinski definition) is 1. The summed E-state index contributed by atoms with van der Waals surface area (Å²) in [4.78, 5) is 4.17. The predicted octanol–water partition coefficient (Wildman–Crippen LogP) is 2.00. The molecule has 72 valence electrons. The standard InChI is InChI=1S/C10H17N3/c1-7(2)8-4-3-5-13-9(8)6-12-10(13)11/h6-8H,3-5H2,1-2H3,(H2,11,12). The van der Waals surface area contributed by atoms with Gasteiger partial charge >= 0.3 is 0 Å². The van der Waals surface area contributed by atoms with Gasteiger partial charge in [-0.1, -0.05) is 13.8 Å². The minimum atomic E-state index is 0.651. The molecule has 0 saturated heterocycles. The summed E-state index contributed by atoms with van der Waals surface area (Å²) in [6, 6.07) is 0. The lowest BCUT2D eigenvalue weighted by Gasteiger charge is -2.27. The topological polar surface area (TPSA) is 43.8 Å². The van der Waals surface area contributed by atoms with Crippen LogP contribution < -0.4 is 5.73 Å². The summed E-state index contributed by atoms with van der Waals surface area (Å²) in [6.45, 7) is 5.58. The van der Waals surface area contributed by atoms with Crippen molar-refractivity contribution in [1.29, 1.82) is 0 Å². The normalized spacial score (nSPS) is 21.9. The summed E-state index contributed by atoms with van der Waals surface area (Å²) < 4.78 is 2.16. The van der Waals surface area contributed by atoms with E-state index >= 15 is 0 Å². The molecular weight excluding hydrogens is 162 g/mol. The van der Waals surface area contributed by atoms with Crippen LogP contribution in [-0.4, -0.2) is 9.55 Å². The van der Waals surface area contributed by atoms with Crippen molar-refractivity contribution < 1.29 is 0 Å². The number of nitrogens with two attached hydrogens (primary N) is 1. The molecule has 1 aliphatic heterocycles. The highest BCUT2D eigenvalue weighted by atomic mass is 15.2. The fourth-order valence-corrected chi connectivity index (χ4v) is 2.24. The second kappa shape index (κ2) is 3.05. The molecule has 1 aromatic heterocycles. The lowest BCUT2D eigenvalue weighted by atomic mass is 9.86. The van der Waals surface area contributed by atoms with Gasteiger partial charge in [-0.3, -0.25) is 0 Å². The number of anilines is 1. The Labute approximate surface area is 79.0 Å². The van der Waals surface area contributed by atoms with Gasteiger partial charge in [0.25, 0.3) is 0 Å². The summed E-state index contributed by atoms with van der Waals surface area (Å²) in [5, 5.41) is 0. The molecule has 1 aliphatic rings. The van der Waals surface area contributed by atoms with Gasteiger partial charge in [-0.05, 0) is 18.8 Å². The summed E-state index contributed by atoms with van der Waals surface area (Å²) >= 11 is 0. The van der Waals surface area contributed by atoms with Crippen LogP contribution in [0.3, 0.4) is 0 Å². The van der Waals surface area contributed by atoms with Crippen molar-refractivity contribution in [2.75, 3.05) is 5.73 Å². The van der Waals surface area contributed by atoms with Gasteiger partial charge in [0.2, 0.25) is 0 Å². The summed E-state index contributed by atoms with van der Waals surface area (Å²) in [6.07, 6.45) is 4.46. The monoisotopic (exact) mass is 179 g/mol. The van der Waals surface area contributed by atoms with Crippen molar-refractivity contribution in [3.05, 3.63) is 11.9 Å². The van der Waals surface area contributed by atoms with Crippen molar-refractivity contribution in [3.8, 4) is 0 Å². The zero-order valence-electron chi connectivity index (χ0n) is 8.33. The molecule has 2 rings (SSSR count). The number of nitrogen functional groups attached to an aromatic ring is 1. The van der Waals surface area contributed by atoms with E-state index in [1.807, 2.05) is 6.20 Å². The van der Waals surface area contributed by atoms with Crippen LogP contribution in [0.5, 0.6) is 0 Å². The van der Waals surface area contributed by atoms with E-state index in [0.717, 1.165) is 6.54 Å². The van der Waals surface area contributed by atoms with E-state index in [1.54, 1.807) is 0 Å². The molecule has 0 saturated carbocycles. The molecule has 0 bridgehead atoms. The van der Waals surface area contributed by atoms with Crippen LogP contribution in [0.15, 0.2) is 6.20 Å². The minimum absolute atomic E-state index is 0.651. The van der Waals surface area contributed by atoms with E-state index in [1.165, 1.54) is 18.5 Å². The number of fused-ring (bicyclic) bond motifs is 1. The average molecular weight is 179 g/mol. The number of imidazole rings is 1. The minimum Gasteiger partial charge on any atom is -0.369 e. The molecule has 0 amide bonds. The largest absolute Gasteiger partial charge is 0.369 e. The van der Waals surface area contributed by atoms with Gasteiger partial charge in [-0.15, -0.1) is 0 Å². The Bertz CT molecular complexity index is 301. The van der Waals surface area contributed by atoms with Crippen LogP contribution in [0.2, 0.25) is 0 Å². The van der Waals surface area contributed by atoms with E-state index in [0.29, 0.717) is 17.8 Å². The van der Waals surface area contributed by atoms with Crippen molar-refractivity contribution in [2.45, 2.75) is 39.2 Å². The molecule has 0 aliphatic carbocycles. The molecule has 2 heterocycles. The number of hydrogen-bond acceptors (Lipinski definition) is 2. The van der Waals surface area contributed by atoms with E-state index in [9.17, 15) is 0 Å². The van der Waals surface area contributed by atoms with Gasteiger partial charge in [0.1, 0.15) is 0 Å². The zero-order chi connectivity index (χ0) is 9.42.